The first-order valence-electron chi connectivity index (χ1n) is 7.14. The SMILES string of the molecule is CCOC(=O)C[C@@H]1CCN([C@H](C)c2ccccc2)C1=O. The first-order valence-corrected chi connectivity index (χ1v) is 7.14. The summed E-state index contributed by atoms with van der Waals surface area (Å²) in [5, 5.41) is 0. The number of amides is 1. The predicted octanol–water partition coefficient (Wildman–Crippen LogP) is 2.55. The Kier molecular flexibility index (Phi) is 4.77. The molecular formula is C16H21NO3. The molecule has 4 heteroatoms. The predicted molar refractivity (Wildman–Crippen MR) is 75.9 cm³/mol. The van der Waals surface area contributed by atoms with Crippen LogP contribution in [0.5, 0.6) is 0 Å². The van der Waals surface area contributed by atoms with Gasteiger partial charge in [0, 0.05) is 6.54 Å². The van der Waals surface area contributed by atoms with Crippen LogP contribution >= 0.6 is 0 Å². The molecule has 1 aromatic carbocycles. The summed E-state index contributed by atoms with van der Waals surface area (Å²) in [6.07, 6.45) is 0.930. The molecule has 20 heavy (non-hydrogen) atoms. The Morgan fingerprint density at radius 2 is 2.10 bits per heavy atom. The van der Waals surface area contributed by atoms with Crippen LogP contribution in [0, 0.1) is 5.92 Å². The fraction of sp³-hybridized carbons (Fsp3) is 0.500. The van der Waals surface area contributed by atoms with E-state index in [9.17, 15) is 9.59 Å². The van der Waals surface area contributed by atoms with Crippen LogP contribution in [0.3, 0.4) is 0 Å². The quantitative estimate of drug-likeness (QED) is 0.776. The topological polar surface area (TPSA) is 46.6 Å². The molecule has 2 rings (SSSR count). The summed E-state index contributed by atoms with van der Waals surface area (Å²) in [5.41, 5.74) is 1.12. The maximum atomic E-state index is 12.4. The van der Waals surface area contributed by atoms with Crippen molar-refractivity contribution >= 4 is 11.9 Å². The Balaban J connectivity index is 1.99. The standard InChI is InChI=1S/C16H21NO3/c1-3-20-15(18)11-14-9-10-17(16(14)19)12(2)13-7-5-4-6-8-13/h4-8,12,14H,3,9-11H2,1-2H3/t12-,14+/m1/s1. The van der Waals surface area contributed by atoms with Gasteiger partial charge < -0.3 is 9.64 Å². The second-order valence-corrected chi connectivity index (χ2v) is 5.11. The normalized spacial score (nSPS) is 20.0. The summed E-state index contributed by atoms with van der Waals surface area (Å²) in [6.45, 7) is 4.88. The molecule has 0 saturated carbocycles. The molecule has 1 aliphatic rings. The fourth-order valence-corrected chi connectivity index (χ4v) is 2.67. The Morgan fingerprint density at radius 1 is 1.40 bits per heavy atom. The number of carbonyl (C=O) groups excluding carboxylic acids is 2. The van der Waals surface area contributed by atoms with E-state index in [1.165, 1.54) is 0 Å². The number of nitrogens with zero attached hydrogens (tertiary/aromatic N) is 1. The van der Waals surface area contributed by atoms with Gasteiger partial charge in [0.15, 0.2) is 0 Å². The van der Waals surface area contributed by atoms with Crippen LogP contribution in [0.25, 0.3) is 0 Å². The third-order valence-electron chi connectivity index (χ3n) is 3.82. The summed E-state index contributed by atoms with van der Waals surface area (Å²) in [7, 11) is 0. The van der Waals surface area contributed by atoms with Crippen molar-refractivity contribution in [1.29, 1.82) is 0 Å². The fourth-order valence-electron chi connectivity index (χ4n) is 2.67. The molecule has 0 unspecified atom stereocenters. The monoisotopic (exact) mass is 275 g/mol. The highest BCUT2D eigenvalue weighted by molar-refractivity contribution is 5.85. The minimum atomic E-state index is -0.278. The van der Waals surface area contributed by atoms with Crippen LogP contribution < -0.4 is 0 Å². The first kappa shape index (κ1) is 14.6. The van der Waals surface area contributed by atoms with Crippen LogP contribution in [0.4, 0.5) is 0 Å². The molecule has 4 nitrogen and oxygen atoms in total. The third-order valence-corrected chi connectivity index (χ3v) is 3.82. The lowest BCUT2D eigenvalue weighted by molar-refractivity contribution is -0.147. The zero-order valence-electron chi connectivity index (χ0n) is 12.0. The molecule has 1 aromatic rings. The van der Waals surface area contributed by atoms with Crippen molar-refractivity contribution in [2.45, 2.75) is 32.7 Å². The van der Waals surface area contributed by atoms with Gasteiger partial charge in [-0.3, -0.25) is 9.59 Å². The van der Waals surface area contributed by atoms with Crippen molar-refractivity contribution in [3.63, 3.8) is 0 Å². The van der Waals surface area contributed by atoms with E-state index in [-0.39, 0.29) is 30.3 Å². The molecular weight excluding hydrogens is 254 g/mol. The zero-order valence-corrected chi connectivity index (χ0v) is 12.0. The summed E-state index contributed by atoms with van der Waals surface area (Å²) >= 11 is 0. The van der Waals surface area contributed by atoms with Gasteiger partial charge in [0.25, 0.3) is 0 Å². The van der Waals surface area contributed by atoms with Crippen LogP contribution in [0.15, 0.2) is 30.3 Å². The molecule has 1 amide bonds. The van der Waals surface area contributed by atoms with E-state index in [0.717, 1.165) is 12.0 Å². The molecule has 2 atom stereocenters. The van der Waals surface area contributed by atoms with Gasteiger partial charge in [-0.05, 0) is 25.8 Å². The van der Waals surface area contributed by atoms with Gasteiger partial charge >= 0.3 is 5.97 Å². The zero-order chi connectivity index (χ0) is 14.5. The van der Waals surface area contributed by atoms with Gasteiger partial charge in [-0.25, -0.2) is 0 Å². The average molecular weight is 275 g/mol. The lowest BCUT2D eigenvalue weighted by atomic mass is 10.0. The summed E-state index contributed by atoms with van der Waals surface area (Å²) in [6, 6.07) is 10.0. The Morgan fingerprint density at radius 3 is 2.75 bits per heavy atom. The maximum absolute atomic E-state index is 12.4. The van der Waals surface area contributed by atoms with Crippen LogP contribution in [-0.2, 0) is 14.3 Å². The van der Waals surface area contributed by atoms with E-state index in [0.29, 0.717) is 13.2 Å². The molecule has 0 spiro atoms. The molecule has 1 aliphatic heterocycles. The van der Waals surface area contributed by atoms with Crippen molar-refractivity contribution in [3.05, 3.63) is 35.9 Å². The smallest absolute Gasteiger partial charge is 0.306 e. The second kappa shape index (κ2) is 6.55. The van der Waals surface area contributed by atoms with Gasteiger partial charge in [0.05, 0.1) is 25.0 Å². The molecule has 1 fully saturated rings. The third kappa shape index (κ3) is 3.18. The van der Waals surface area contributed by atoms with Gasteiger partial charge in [0.2, 0.25) is 5.91 Å². The molecule has 0 radical (unpaired) electrons. The van der Waals surface area contributed by atoms with Crippen molar-refractivity contribution in [2.24, 2.45) is 5.92 Å². The first-order chi connectivity index (χ1) is 9.63. The highest BCUT2D eigenvalue weighted by atomic mass is 16.5. The van der Waals surface area contributed by atoms with Crippen molar-refractivity contribution < 1.29 is 14.3 Å². The lowest BCUT2D eigenvalue weighted by Gasteiger charge is -2.25. The van der Waals surface area contributed by atoms with Gasteiger partial charge in [0.1, 0.15) is 0 Å². The largest absolute Gasteiger partial charge is 0.466 e. The van der Waals surface area contributed by atoms with E-state index in [1.54, 1.807) is 6.92 Å². The van der Waals surface area contributed by atoms with E-state index in [1.807, 2.05) is 42.2 Å². The maximum Gasteiger partial charge on any atom is 0.306 e. The number of hydrogen-bond acceptors (Lipinski definition) is 3. The summed E-state index contributed by atoms with van der Waals surface area (Å²) in [5.74, 6) is -0.435. The number of rotatable bonds is 5. The Hall–Kier alpha value is -1.84. The molecule has 108 valence electrons. The molecule has 0 aromatic heterocycles. The number of esters is 1. The van der Waals surface area contributed by atoms with E-state index < -0.39 is 0 Å². The second-order valence-electron chi connectivity index (χ2n) is 5.11. The number of likely N-dealkylation sites (tertiary alicyclic amines) is 1. The molecule has 0 aliphatic carbocycles. The van der Waals surface area contributed by atoms with E-state index >= 15 is 0 Å². The number of hydrogen-bond donors (Lipinski definition) is 0. The van der Waals surface area contributed by atoms with Gasteiger partial charge in [-0.1, -0.05) is 30.3 Å². The molecule has 0 N–H and O–H groups in total. The molecule has 1 saturated heterocycles. The van der Waals surface area contributed by atoms with Crippen molar-refractivity contribution in [2.75, 3.05) is 13.2 Å². The van der Waals surface area contributed by atoms with Crippen LogP contribution in [-0.4, -0.2) is 29.9 Å². The average Bonchev–Trinajstić information content (AvgIpc) is 2.81. The summed E-state index contributed by atoms with van der Waals surface area (Å²) in [4.78, 5) is 25.7. The van der Waals surface area contributed by atoms with Crippen molar-refractivity contribution in [3.8, 4) is 0 Å². The minimum absolute atomic E-state index is 0.0518. The highest BCUT2D eigenvalue weighted by Crippen LogP contribution is 2.30. The molecule has 0 bridgehead atoms. The van der Waals surface area contributed by atoms with E-state index in [2.05, 4.69) is 0 Å². The minimum Gasteiger partial charge on any atom is -0.466 e. The lowest BCUT2D eigenvalue weighted by Crippen LogP contribution is -2.31. The van der Waals surface area contributed by atoms with E-state index in [4.69, 9.17) is 4.74 Å². The number of ether oxygens (including phenoxy) is 1. The Labute approximate surface area is 119 Å². The molecule has 1 heterocycles. The van der Waals surface area contributed by atoms with Gasteiger partial charge in [-0.2, -0.15) is 0 Å². The summed E-state index contributed by atoms with van der Waals surface area (Å²) < 4.78 is 4.92. The Bertz CT molecular complexity index is 472. The number of carbonyl (C=O) groups is 2. The van der Waals surface area contributed by atoms with Crippen LogP contribution in [0.1, 0.15) is 38.3 Å². The highest BCUT2D eigenvalue weighted by Gasteiger charge is 2.36. The number of benzene rings is 1. The van der Waals surface area contributed by atoms with Crippen molar-refractivity contribution in [1.82, 2.24) is 4.90 Å². The van der Waals surface area contributed by atoms with Crippen LogP contribution in [0.2, 0.25) is 0 Å². The van der Waals surface area contributed by atoms with Gasteiger partial charge in [-0.15, -0.1) is 0 Å².